The molecular formula is C13H9ClN2O. The van der Waals surface area contributed by atoms with Crippen LogP contribution in [0.5, 0.6) is 11.5 Å². The van der Waals surface area contributed by atoms with E-state index >= 15 is 0 Å². The van der Waals surface area contributed by atoms with E-state index < -0.39 is 0 Å². The molecule has 84 valence electrons. The number of nitrogens with zero attached hydrogens (tertiary/aromatic N) is 2. The second-order valence-corrected chi connectivity index (χ2v) is 3.91. The number of hydrogen-bond acceptors (Lipinski definition) is 3. The third kappa shape index (κ3) is 2.55. The Morgan fingerprint density at radius 3 is 2.82 bits per heavy atom. The largest absolute Gasteiger partial charge is 0.453 e. The molecule has 0 fully saturated rings. The van der Waals surface area contributed by atoms with Gasteiger partial charge in [-0.05, 0) is 36.8 Å². The van der Waals surface area contributed by atoms with Crippen molar-refractivity contribution in [2.75, 3.05) is 0 Å². The fourth-order valence-electron chi connectivity index (χ4n) is 1.36. The van der Waals surface area contributed by atoms with Crippen LogP contribution in [0.2, 0.25) is 5.02 Å². The Labute approximate surface area is 104 Å². The average Bonchev–Trinajstić information content (AvgIpc) is 2.33. The van der Waals surface area contributed by atoms with Crippen LogP contribution < -0.4 is 4.74 Å². The number of aryl methyl sites for hydroxylation is 1. The van der Waals surface area contributed by atoms with E-state index in [4.69, 9.17) is 21.6 Å². The van der Waals surface area contributed by atoms with Gasteiger partial charge in [0, 0.05) is 6.20 Å². The van der Waals surface area contributed by atoms with E-state index in [0.29, 0.717) is 16.5 Å². The molecule has 17 heavy (non-hydrogen) atoms. The Morgan fingerprint density at radius 1 is 1.29 bits per heavy atom. The van der Waals surface area contributed by atoms with Crippen molar-refractivity contribution in [2.24, 2.45) is 0 Å². The fourth-order valence-corrected chi connectivity index (χ4v) is 1.64. The summed E-state index contributed by atoms with van der Waals surface area (Å²) in [6.45, 7) is 1.94. The minimum Gasteiger partial charge on any atom is -0.453 e. The highest BCUT2D eigenvalue weighted by Gasteiger charge is 2.07. The standard InChI is InChI=1S/C13H9ClN2O/c1-9-4-5-12(10(14)7-9)17-13-3-2-6-16-11(13)8-15/h2-7H,1H3. The van der Waals surface area contributed by atoms with Gasteiger partial charge in [-0.2, -0.15) is 5.26 Å². The molecule has 0 atom stereocenters. The van der Waals surface area contributed by atoms with Gasteiger partial charge in [0.2, 0.25) is 0 Å². The monoisotopic (exact) mass is 244 g/mol. The Balaban J connectivity index is 2.35. The quantitative estimate of drug-likeness (QED) is 0.809. The first-order valence-corrected chi connectivity index (χ1v) is 5.37. The van der Waals surface area contributed by atoms with Crippen molar-refractivity contribution in [1.29, 1.82) is 5.26 Å². The highest BCUT2D eigenvalue weighted by Crippen LogP contribution is 2.30. The highest BCUT2D eigenvalue weighted by atomic mass is 35.5. The second-order valence-electron chi connectivity index (χ2n) is 3.50. The third-order valence-corrected chi connectivity index (χ3v) is 2.48. The zero-order valence-electron chi connectivity index (χ0n) is 9.14. The topological polar surface area (TPSA) is 45.9 Å². The number of pyridine rings is 1. The summed E-state index contributed by atoms with van der Waals surface area (Å²) in [6.07, 6.45) is 1.54. The van der Waals surface area contributed by atoms with Crippen LogP contribution in [0.15, 0.2) is 36.5 Å². The number of hydrogen-bond donors (Lipinski definition) is 0. The lowest BCUT2D eigenvalue weighted by molar-refractivity contribution is 0.478. The van der Waals surface area contributed by atoms with E-state index in [1.54, 1.807) is 30.5 Å². The Kier molecular flexibility index (Phi) is 3.27. The zero-order valence-corrected chi connectivity index (χ0v) is 9.90. The summed E-state index contributed by atoms with van der Waals surface area (Å²) in [5, 5.41) is 9.40. The van der Waals surface area contributed by atoms with Crippen LogP contribution in [0.3, 0.4) is 0 Å². The molecule has 0 spiro atoms. The maximum Gasteiger partial charge on any atom is 0.183 e. The lowest BCUT2D eigenvalue weighted by atomic mass is 10.2. The summed E-state index contributed by atoms with van der Waals surface area (Å²) in [6, 6.07) is 10.8. The van der Waals surface area contributed by atoms with Gasteiger partial charge in [-0.1, -0.05) is 17.7 Å². The Morgan fingerprint density at radius 2 is 2.12 bits per heavy atom. The molecule has 1 aromatic heterocycles. The SMILES string of the molecule is Cc1ccc(Oc2cccnc2C#N)c(Cl)c1. The molecule has 4 heteroatoms. The van der Waals surface area contributed by atoms with Crippen LogP contribution in [0.25, 0.3) is 0 Å². The summed E-state index contributed by atoms with van der Waals surface area (Å²) in [5.74, 6) is 0.919. The van der Waals surface area contributed by atoms with Gasteiger partial charge in [0.15, 0.2) is 11.4 Å². The summed E-state index contributed by atoms with van der Waals surface area (Å²) in [5.41, 5.74) is 1.29. The normalized spacial score (nSPS) is 9.71. The van der Waals surface area contributed by atoms with Gasteiger partial charge in [0.25, 0.3) is 0 Å². The second kappa shape index (κ2) is 4.86. The molecule has 3 nitrogen and oxygen atoms in total. The smallest absolute Gasteiger partial charge is 0.183 e. The van der Waals surface area contributed by atoms with Crippen molar-refractivity contribution in [3.8, 4) is 17.6 Å². The van der Waals surface area contributed by atoms with Crippen LogP contribution in [-0.4, -0.2) is 4.98 Å². The highest BCUT2D eigenvalue weighted by molar-refractivity contribution is 6.32. The number of benzene rings is 1. The van der Waals surface area contributed by atoms with Gasteiger partial charge in [-0.3, -0.25) is 0 Å². The van der Waals surface area contributed by atoms with E-state index in [2.05, 4.69) is 4.98 Å². The summed E-state index contributed by atoms with van der Waals surface area (Å²) in [4.78, 5) is 3.91. The van der Waals surface area contributed by atoms with Gasteiger partial charge >= 0.3 is 0 Å². The molecular weight excluding hydrogens is 236 g/mol. The van der Waals surface area contributed by atoms with Crippen LogP contribution in [0.1, 0.15) is 11.3 Å². The van der Waals surface area contributed by atoms with Crippen molar-refractivity contribution in [3.63, 3.8) is 0 Å². The van der Waals surface area contributed by atoms with Crippen molar-refractivity contribution in [2.45, 2.75) is 6.92 Å². The van der Waals surface area contributed by atoms with Crippen molar-refractivity contribution in [3.05, 3.63) is 52.8 Å². The minimum atomic E-state index is 0.240. The number of ether oxygens (including phenoxy) is 1. The summed E-state index contributed by atoms with van der Waals surface area (Å²) >= 11 is 6.05. The molecule has 2 aromatic rings. The first kappa shape index (κ1) is 11.4. The van der Waals surface area contributed by atoms with Crippen LogP contribution in [-0.2, 0) is 0 Å². The first-order chi connectivity index (χ1) is 8.20. The molecule has 2 rings (SSSR count). The number of rotatable bonds is 2. The number of nitriles is 1. The number of halogens is 1. The van der Waals surface area contributed by atoms with Crippen LogP contribution in [0, 0.1) is 18.3 Å². The molecule has 1 heterocycles. The molecule has 0 saturated heterocycles. The maximum atomic E-state index is 8.88. The first-order valence-electron chi connectivity index (χ1n) is 5.00. The van der Waals surface area contributed by atoms with Gasteiger partial charge < -0.3 is 4.74 Å². The van der Waals surface area contributed by atoms with E-state index in [1.165, 1.54) is 0 Å². The van der Waals surface area contributed by atoms with Crippen LogP contribution in [0.4, 0.5) is 0 Å². The van der Waals surface area contributed by atoms with Gasteiger partial charge in [-0.15, -0.1) is 0 Å². The van der Waals surface area contributed by atoms with E-state index in [-0.39, 0.29) is 5.69 Å². The van der Waals surface area contributed by atoms with E-state index in [9.17, 15) is 0 Å². The molecule has 0 aliphatic heterocycles. The Bertz CT molecular complexity index is 590. The predicted octanol–water partition coefficient (Wildman–Crippen LogP) is 3.71. The summed E-state index contributed by atoms with van der Waals surface area (Å²) in [7, 11) is 0. The van der Waals surface area contributed by atoms with Gasteiger partial charge in [0.1, 0.15) is 11.8 Å². The predicted molar refractivity (Wildman–Crippen MR) is 65.2 cm³/mol. The molecule has 0 bridgehead atoms. The molecule has 0 radical (unpaired) electrons. The van der Waals surface area contributed by atoms with E-state index in [1.807, 2.05) is 19.1 Å². The Hall–Kier alpha value is -2.05. The molecule has 1 aromatic carbocycles. The molecule has 0 amide bonds. The lowest BCUT2D eigenvalue weighted by Gasteiger charge is -2.08. The van der Waals surface area contributed by atoms with Crippen LogP contribution >= 0.6 is 11.6 Å². The molecule has 0 saturated carbocycles. The van der Waals surface area contributed by atoms with Crippen molar-refractivity contribution in [1.82, 2.24) is 4.98 Å². The molecule has 0 N–H and O–H groups in total. The molecule has 0 aliphatic rings. The minimum absolute atomic E-state index is 0.240. The van der Waals surface area contributed by atoms with Crippen molar-refractivity contribution < 1.29 is 4.74 Å². The van der Waals surface area contributed by atoms with E-state index in [0.717, 1.165) is 5.56 Å². The van der Waals surface area contributed by atoms with Gasteiger partial charge in [-0.25, -0.2) is 4.98 Å². The molecule has 0 unspecified atom stereocenters. The number of aromatic nitrogens is 1. The molecule has 0 aliphatic carbocycles. The zero-order chi connectivity index (χ0) is 12.3. The van der Waals surface area contributed by atoms with Gasteiger partial charge in [0.05, 0.1) is 5.02 Å². The lowest BCUT2D eigenvalue weighted by Crippen LogP contribution is -1.91. The third-order valence-electron chi connectivity index (χ3n) is 2.18. The summed E-state index contributed by atoms with van der Waals surface area (Å²) < 4.78 is 5.57. The van der Waals surface area contributed by atoms with Crippen molar-refractivity contribution >= 4 is 11.6 Å². The average molecular weight is 245 g/mol. The fraction of sp³-hybridized carbons (Fsp3) is 0.0769. The maximum absolute atomic E-state index is 8.88.